The molecule has 1 aliphatic rings. The number of benzene rings is 2. The Balaban J connectivity index is 1.87. The largest absolute Gasteiger partial charge is 0.367 e. The number of nitrogens with zero attached hydrogens (tertiary/aromatic N) is 2. The lowest BCUT2D eigenvalue weighted by molar-refractivity contribution is -0.125. The van der Waals surface area contributed by atoms with Gasteiger partial charge in [0.2, 0.25) is 0 Å². The number of fused-ring (bicyclic) bond motifs is 1. The smallest absolute Gasteiger partial charge is 0.267 e. The van der Waals surface area contributed by atoms with Crippen molar-refractivity contribution in [2.75, 3.05) is 17.0 Å². The monoisotopic (exact) mass is 349 g/mol. The number of halogens is 2. The Hall–Kier alpha value is -2.15. The Bertz CT molecular complexity index is 779. The molecule has 0 fully saturated rings. The predicted molar refractivity (Wildman–Crippen MR) is 90.9 cm³/mol. The summed E-state index contributed by atoms with van der Waals surface area (Å²) in [7, 11) is 1.75. The van der Waals surface area contributed by atoms with Crippen LogP contribution in [0.15, 0.2) is 36.4 Å². The fourth-order valence-electron chi connectivity index (χ4n) is 2.91. The van der Waals surface area contributed by atoms with Crippen LogP contribution >= 0.6 is 11.6 Å². The number of hydroxylamine groups is 1. The minimum Gasteiger partial charge on any atom is -0.367 e. The van der Waals surface area contributed by atoms with Gasteiger partial charge in [-0.05, 0) is 35.7 Å². The number of carbonyl (C=O) groups is 1. The summed E-state index contributed by atoms with van der Waals surface area (Å²) in [5, 5.41) is 10.8. The van der Waals surface area contributed by atoms with Crippen LogP contribution in [-0.2, 0) is 17.8 Å². The van der Waals surface area contributed by atoms with E-state index in [9.17, 15) is 14.4 Å². The van der Waals surface area contributed by atoms with E-state index in [1.54, 1.807) is 36.2 Å². The lowest BCUT2D eigenvalue weighted by Gasteiger charge is -2.28. The molecule has 0 spiro atoms. The minimum atomic E-state index is -0.767. The number of carbonyl (C=O) groups excluding carboxylic acids is 1. The van der Waals surface area contributed by atoms with E-state index in [0.717, 1.165) is 11.1 Å². The van der Waals surface area contributed by atoms with Crippen LogP contribution in [0.1, 0.15) is 11.1 Å². The first-order valence-electron chi connectivity index (χ1n) is 7.44. The lowest BCUT2D eigenvalue weighted by Crippen LogP contribution is -2.47. The molecular formula is C17H17ClFN3O2. The molecule has 1 atom stereocenters. The molecule has 2 aromatic rings. The Kier molecular flexibility index (Phi) is 4.45. The van der Waals surface area contributed by atoms with Crippen molar-refractivity contribution in [1.29, 1.82) is 0 Å². The topological polar surface area (TPSA) is 69.8 Å². The lowest BCUT2D eigenvalue weighted by atomic mass is 9.97. The number of para-hydroxylation sites is 1. The molecular weight excluding hydrogens is 333 g/mol. The fraction of sp³-hybridized carbons (Fsp3) is 0.235. The molecule has 1 aliphatic heterocycles. The minimum absolute atomic E-state index is 0.326. The normalized spacial score (nSPS) is 17.0. The summed E-state index contributed by atoms with van der Waals surface area (Å²) in [5.41, 5.74) is 8.16. The summed E-state index contributed by atoms with van der Waals surface area (Å²) in [6.45, 7) is 0.419. The van der Waals surface area contributed by atoms with E-state index in [1.807, 2.05) is 6.07 Å². The van der Waals surface area contributed by atoms with E-state index >= 15 is 0 Å². The van der Waals surface area contributed by atoms with E-state index in [4.69, 9.17) is 17.3 Å². The maximum absolute atomic E-state index is 14.0. The third-order valence-corrected chi connectivity index (χ3v) is 4.38. The Morgan fingerprint density at radius 1 is 1.42 bits per heavy atom. The Labute approximate surface area is 144 Å². The van der Waals surface area contributed by atoms with Gasteiger partial charge in [0.05, 0.1) is 22.4 Å². The van der Waals surface area contributed by atoms with Crippen molar-refractivity contribution in [1.82, 2.24) is 0 Å². The van der Waals surface area contributed by atoms with Gasteiger partial charge >= 0.3 is 0 Å². The van der Waals surface area contributed by atoms with Gasteiger partial charge in [0, 0.05) is 13.6 Å². The molecule has 5 nitrogen and oxygen atoms in total. The molecule has 0 saturated carbocycles. The van der Waals surface area contributed by atoms with Crippen LogP contribution in [0.2, 0.25) is 5.02 Å². The molecule has 0 radical (unpaired) electrons. The van der Waals surface area contributed by atoms with Crippen LogP contribution in [0.25, 0.3) is 0 Å². The van der Waals surface area contributed by atoms with Crippen LogP contribution in [-0.4, -0.2) is 24.2 Å². The second kappa shape index (κ2) is 6.39. The number of rotatable bonds is 3. The van der Waals surface area contributed by atoms with Crippen molar-refractivity contribution >= 4 is 28.9 Å². The van der Waals surface area contributed by atoms with Gasteiger partial charge in [-0.3, -0.25) is 10.0 Å². The molecule has 2 aromatic carbocycles. The van der Waals surface area contributed by atoms with Gasteiger partial charge in [0.15, 0.2) is 0 Å². The number of hydrogen-bond acceptors (Lipinski definition) is 4. The van der Waals surface area contributed by atoms with Crippen LogP contribution in [0.5, 0.6) is 0 Å². The molecule has 0 saturated heterocycles. The zero-order valence-corrected chi connectivity index (χ0v) is 13.8. The summed E-state index contributed by atoms with van der Waals surface area (Å²) in [4.78, 5) is 13.4. The highest BCUT2D eigenvalue weighted by atomic mass is 35.5. The Morgan fingerprint density at radius 3 is 2.88 bits per heavy atom. The third kappa shape index (κ3) is 2.96. The SMILES string of the molecule is CN(Cc1ccc2c(c1)C[C@H](N)C(=O)N2O)c1c(F)cccc1Cl. The highest BCUT2D eigenvalue weighted by Crippen LogP contribution is 2.31. The van der Waals surface area contributed by atoms with E-state index in [2.05, 4.69) is 0 Å². The highest BCUT2D eigenvalue weighted by Gasteiger charge is 2.29. The van der Waals surface area contributed by atoms with Crippen molar-refractivity contribution in [3.8, 4) is 0 Å². The maximum Gasteiger partial charge on any atom is 0.267 e. The van der Waals surface area contributed by atoms with Crippen LogP contribution in [0, 0.1) is 5.82 Å². The molecule has 0 aromatic heterocycles. The summed E-state index contributed by atoms with van der Waals surface area (Å²) in [5.74, 6) is -0.914. The molecule has 126 valence electrons. The number of anilines is 2. The van der Waals surface area contributed by atoms with Crippen LogP contribution in [0.4, 0.5) is 15.8 Å². The summed E-state index contributed by atoms with van der Waals surface area (Å²) >= 11 is 6.08. The number of hydrogen-bond donors (Lipinski definition) is 2. The molecule has 0 aliphatic carbocycles. The first-order chi connectivity index (χ1) is 11.4. The van der Waals surface area contributed by atoms with Gasteiger partial charge in [-0.2, -0.15) is 5.06 Å². The van der Waals surface area contributed by atoms with Crippen molar-refractivity contribution in [2.24, 2.45) is 5.73 Å². The molecule has 24 heavy (non-hydrogen) atoms. The second-order valence-corrected chi connectivity index (χ2v) is 6.26. The summed E-state index contributed by atoms with van der Waals surface area (Å²) in [6, 6.07) is 9.08. The zero-order valence-electron chi connectivity index (χ0n) is 13.0. The van der Waals surface area contributed by atoms with Gasteiger partial charge in [-0.1, -0.05) is 29.8 Å². The number of amides is 1. The molecule has 3 N–H and O–H groups in total. The van der Waals surface area contributed by atoms with E-state index in [-0.39, 0.29) is 0 Å². The summed E-state index contributed by atoms with van der Waals surface area (Å²) in [6.07, 6.45) is 0.350. The van der Waals surface area contributed by atoms with Gasteiger partial charge < -0.3 is 10.6 Å². The van der Waals surface area contributed by atoms with Crippen molar-refractivity contribution in [3.63, 3.8) is 0 Å². The van der Waals surface area contributed by atoms with E-state index < -0.39 is 17.8 Å². The maximum atomic E-state index is 14.0. The Morgan fingerprint density at radius 2 is 2.17 bits per heavy atom. The molecule has 3 rings (SSSR count). The molecule has 1 heterocycles. The van der Waals surface area contributed by atoms with Gasteiger partial charge in [-0.15, -0.1) is 0 Å². The van der Waals surface area contributed by atoms with E-state index in [1.165, 1.54) is 6.07 Å². The fourth-order valence-corrected chi connectivity index (χ4v) is 3.22. The highest BCUT2D eigenvalue weighted by molar-refractivity contribution is 6.33. The molecule has 7 heteroatoms. The molecule has 0 unspecified atom stereocenters. The van der Waals surface area contributed by atoms with E-state index in [0.29, 0.717) is 34.4 Å². The van der Waals surface area contributed by atoms with Gasteiger partial charge in [0.25, 0.3) is 5.91 Å². The van der Waals surface area contributed by atoms with Crippen molar-refractivity contribution < 1.29 is 14.4 Å². The van der Waals surface area contributed by atoms with Gasteiger partial charge in [-0.25, -0.2) is 4.39 Å². The first kappa shape index (κ1) is 16.7. The van der Waals surface area contributed by atoms with Gasteiger partial charge in [0.1, 0.15) is 5.82 Å². The second-order valence-electron chi connectivity index (χ2n) is 5.85. The first-order valence-corrected chi connectivity index (χ1v) is 7.81. The average molecular weight is 350 g/mol. The van der Waals surface area contributed by atoms with Crippen molar-refractivity contribution in [3.05, 3.63) is 58.4 Å². The molecule has 1 amide bonds. The van der Waals surface area contributed by atoms with Crippen molar-refractivity contribution in [2.45, 2.75) is 19.0 Å². The average Bonchev–Trinajstić information content (AvgIpc) is 2.52. The van der Waals surface area contributed by atoms with Crippen LogP contribution in [0.3, 0.4) is 0 Å². The van der Waals surface area contributed by atoms with Crippen LogP contribution < -0.4 is 15.7 Å². The number of nitrogens with two attached hydrogens (primary N) is 1. The third-order valence-electron chi connectivity index (χ3n) is 4.08. The predicted octanol–water partition coefficient (Wildman–Crippen LogP) is 2.72. The summed E-state index contributed by atoms with van der Waals surface area (Å²) < 4.78 is 14.0. The quantitative estimate of drug-likeness (QED) is 0.836. The zero-order chi connectivity index (χ0) is 17.4. The molecule has 0 bridgehead atoms. The standard InChI is InChI=1S/C17H17ClFN3O2/c1-21(16-12(18)3-2-4-13(16)19)9-10-5-6-15-11(7-10)8-14(20)17(23)22(15)24/h2-7,14,24H,8-9,20H2,1H3/t14-/m0/s1.